The van der Waals surface area contributed by atoms with Crippen molar-refractivity contribution >= 4 is 17.9 Å². The Labute approximate surface area is 201 Å². The number of nitrogens with zero attached hydrogens (tertiary/aromatic N) is 3. The van der Waals surface area contributed by atoms with Crippen LogP contribution in [0.2, 0.25) is 0 Å². The van der Waals surface area contributed by atoms with Gasteiger partial charge in [-0.1, -0.05) is 36.0 Å². The molecular formula is C23H19F6N3O2S. The molecule has 2 aromatic carbocycles. The molecule has 0 atom stereocenters. The second kappa shape index (κ2) is 10.1. The smallest absolute Gasteiger partial charge is 0.390 e. The first-order valence-electron chi connectivity index (χ1n) is 9.98. The van der Waals surface area contributed by atoms with Gasteiger partial charge in [0, 0.05) is 19.8 Å². The van der Waals surface area contributed by atoms with Crippen LogP contribution in [0.3, 0.4) is 0 Å². The molecule has 0 saturated carbocycles. The van der Waals surface area contributed by atoms with Crippen molar-refractivity contribution in [3.63, 3.8) is 0 Å². The van der Waals surface area contributed by atoms with Crippen molar-refractivity contribution in [3.05, 3.63) is 70.9 Å². The first-order chi connectivity index (χ1) is 16.3. The lowest BCUT2D eigenvalue weighted by Crippen LogP contribution is -2.30. The third kappa shape index (κ3) is 6.44. The van der Waals surface area contributed by atoms with Crippen molar-refractivity contribution in [3.8, 4) is 17.0 Å². The topological polar surface area (TPSA) is 55.3 Å². The van der Waals surface area contributed by atoms with E-state index in [1.807, 2.05) is 19.1 Å². The van der Waals surface area contributed by atoms with E-state index in [0.29, 0.717) is 28.4 Å². The quantitative estimate of drug-likeness (QED) is 0.212. The molecule has 1 amide bonds. The van der Waals surface area contributed by atoms with Crippen molar-refractivity contribution in [2.75, 3.05) is 13.3 Å². The van der Waals surface area contributed by atoms with Gasteiger partial charge in [0.2, 0.25) is 5.88 Å². The number of carbonyl (C=O) groups is 1. The van der Waals surface area contributed by atoms with E-state index in [1.54, 1.807) is 18.4 Å². The summed E-state index contributed by atoms with van der Waals surface area (Å²) >= 11 is 1.20. The SMILES string of the molecule is CSc1ncc(-c2ccccc2C)c(OC(=O)N(C)Cc2cc(C(F)(F)F)cc(C(F)(F)F)c2)n1. The lowest BCUT2D eigenvalue weighted by atomic mass is 10.0. The molecule has 3 aromatic rings. The number of hydrogen-bond acceptors (Lipinski definition) is 5. The number of halogens is 6. The molecule has 12 heteroatoms. The number of hydrogen-bond donors (Lipinski definition) is 0. The average molecular weight is 515 g/mol. The van der Waals surface area contributed by atoms with E-state index in [4.69, 9.17) is 4.74 Å². The van der Waals surface area contributed by atoms with Gasteiger partial charge in [0.25, 0.3) is 0 Å². The number of ether oxygens (including phenoxy) is 1. The molecule has 3 rings (SSSR count). The fraction of sp³-hybridized carbons (Fsp3) is 0.261. The molecule has 1 heterocycles. The second-order valence-electron chi connectivity index (χ2n) is 7.53. The minimum Gasteiger partial charge on any atom is -0.390 e. The highest BCUT2D eigenvalue weighted by Crippen LogP contribution is 2.37. The molecule has 5 nitrogen and oxygen atoms in total. The number of alkyl halides is 6. The summed E-state index contributed by atoms with van der Waals surface area (Å²) in [4.78, 5) is 22.0. The number of aryl methyl sites for hydroxylation is 1. The molecule has 35 heavy (non-hydrogen) atoms. The van der Waals surface area contributed by atoms with Crippen LogP contribution in [-0.2, 0) is 18.9 Å². The van der Waals surface area contributed by atoms with Crippen molar-refractivity contribution in [2.24, 2.45) is 0 Å². The van der Waals surface area contributed by atoms with Crippen molar-refractivity contribution < 1.29 is 35.9 Å². The minimum absolute atomic E-state index is 0.0289. The molecule has 0 N–H and O–H groups in total. The first kappa shape index (κ1) is 26.3. The van der Waals surface area contributed by atoms with Gasteiger partial charge in [0.15, 0.2) is 5.16 Å². The van der Waals surface area contributed by atoms with Crippen LogP contribution in [0.4, 0.5) is 31.1 Å². The maximum Gasteiger partial charge on any atom is 0.416 e. The van der Waals surface area contributed by atoms with Gasteiger partial charge in [-0.25, -0.2) is 9.78 Å². The third-order valence-electron chi connectivity index (χ3n) is 4.91. The van der Waals surface area contributed by atoms with Gasteiger partial charge in [-0.3, -0.25) is 0 Å². The van der Waals surface area contributed by atoms with Gasteiger partial charge in [-0.2, -0.15) is 31.3 Å². The summed E-state index contributed by atoms with van der Waals surface area (Å²) in [7, 11) is 1.19. The predicted molar refractivity (Wildman–Crippen MR) is 118 cm³/mol. The molecule has 0 aliphatic rings. The maximum atomic E-state index is 13.1. The summed E-state index contributed by atoms with van der Waals surface area (Å²) in [5, 5.41) is 0.306. The molecule has 0 saturated heterocycles. The standard InChI is InChI=1S/C23H19F6N3O2S/c1-13-6-4-5-7-17(13)18-11-30-20(35-3)31-19(18)34-21(33)32(2)12-14-8-15(22(24,25)26)10-16(9-14)23(27,28)29/h4-11H,12H2,1-3H3. The summed E-state index contributed by atoms with van der Waals surface area (Å²) in [6.07, 6.45) is -7.81. The van der Waals surface area contributed by atoms with E-state index in [9.17, 15) is 31.1 Å². The van der Waals surface area contributed by atoms with Crippen LogP contribution in [0.25, 0.3) is 11.1 Å². The zero-order valence-electron chi connectivity index (χ0n) is 18.7. The molecule has 1 aromatic heterocycles. The highest BCUT2D eigenvalue weighted by Gasteiger charge is 2.37. The average Bonchev–Trinajstić information content (AvgIpc) is 2.78. The van der Waals surface area contributed by atoms with Crippen LogP contribution in [0.15, 0.2) is 53.8 Å². The molecule has 0 aliphatic heterocycles. The van der Waals surface area contributed by atoms with E-state index in [0.717, 1.165) is 10.5 Å². The lowest BCUT2D eigenvalue weighted by molar-refractivity contribution is -0.143. The highest BCUT2D eigenvalue weighted by atomic mass is 32.2. The summed E-state index contributed by atoms with van der Waals surface area (Å²) in [5.41, 5.74) is -1.35. The van der Waals surface area contributed by atoms with Gasteiger partial charge in [0.1, 0.15) is 0 Å². The van der Waals surface area contributed by atoms with Gasteiger partial charge in [-0.05, 0) is 48.1 Å². The Bertz CT molecular complexity index is 1200. The Morgan fingerprint density at radius 1 is 1.00 bits per heavy atom. The zero-order valence-corrected chi connectivity index (χ0v) is 19.5. The highest BCUT2D eigenvalue weighted by molar-refractivity contribution is 7.98. The third-order valence-corrected chi connectivity index (χ3v) is 5.47. The summed E-state index contributed by atoms with van der Waals surface area (Å²) in [6.45, 7) is 1.27. The summed E-state index contributed by atoms with van der Waals surface area (Å²) < 4.78 is 84.2. The fourth-order valence-corrected chi connectivity index (χ4v) is 3.53. The maximum absolute atomic E-state index is 13.1. The van der Waals surface area contributed by atoms with Crippen LogP contribution in [0, 0.1) is 6.92 Å². The van der Waals surface area contributed by atoms with Gasteiger partial charge in [-0.15, -0.1) is 0 Å². The van der Waals surface area contributed by atoms with E-state index >= 15 is 0 Å². The molecule has 0 radical (unpaired) electrons. The van der Waals surface area contributed by atoms with E-state index in [1.165, 1.54) is 25.0 Å². The van der Waals surface area contributed by atoms with Crippen LogP contribution < -0.4 is 4.74 Å². The number of aromatic nitrogens is 2. The van der Waals surface area contributed by atoms with Crippen molar-refractivity contribution in [1.82, 2.24) is 14.9 Å². The predicted octanol–water partition coefficient (Wildman–Crippen LogP) is 6.84. The number of benzene rings is 2. The number of thioether (sulfide) groups is 1. The van der Waals surface area contributed by atoms with Crippen LogP contribution in [0.1, 0.15) is 22.3 Å². The zero-order chi connectivity index (χ0) is 26.0. The summed E-state index contributed by atoms with van der Waals surface area (Å²) in [6, 6.07) is 8.36. The van der Waals surface area contributed by atoms with Crippen LogP contribution in [0.5, 0.6) is 5.88 Å². The van der Waals surface area contributed by atoms with E-state index in [2.05, 4.69) is 9.97 Å². The lowest BCUT2D eigenvalue weighted by Gasteiger charge is -2.20. The second-order valence-corrected chi connectivity index (χ2v) is 8.30. The van der Waals surface area contributed by atoms with E-state index in [-0.39, 0.29) is 17.5 Å². The van der Waals surface area contributed by atoms with Gasteiger partial charge in [0.05, 0.1) is 16.7 Å². The monoisotopic (exact) mass is 515 g/mol. The number of carbonyl (C=O) groups excluding carboxylic acids is 1. The fourth-order valence-electron chi connectivity index (χ4n) is 3.20. The Morgan fingerprint density at radius 2 is 1.60 bits per heavy atom. The number of amides is 1. The largest absolute Gasteiger partial charge is 0.416 e. The Balaban J connectivity index is 1.90. The Kier molecular flexibility index (Phi) is 7.63. The van der Waals surface area contributed by atoms with Crippen molar-refractivity contribution in [2.45, 2.75) is 31.0 Å². The molecule has 186 valence electrons. The Morgan fingerprint density at radius 3 is 2.14 bits per heavy atom. The molecule has 0 bridgehead atoms. The Hall–Kier alpha value is -3.28. The van der Waals surface area contributed by atoms with Gasteiger partial charge >= 0.3 is 18.4 Å². The van der Waals surface area contributed by atoms with Crippen molar-refractivity contribution in [1.29, 1.82) is 0 Å². The van der Waals surface area contributed by atoms with Crippen LogP contribution in [-0.4, -0.2) is 34.3 Å². The molecule has 0 aliphatic carbocycles. The van der Waals surface area contributed by atoms with Gasteiger partial charge < -0.3 is 9.64 Å². The normalized spacial score (nSPS) is 11.9. The minimum atomic E-state index is -4.99. The molecule has 0 fully saturated rings. The summed E-state index contributed by atoms with van der Waals surface area (Å²) in [5.74, 6) is -0.0875. The molecular weight excluding hydrogens is 496 g/mol. The van der Waals surface area contributed by atoms with Crippen LogP contribution >= 0.6 is 11.8 Å². The first-order valence-corrected chi connectivity index (χ1v) is 11.2. The molecule has 0 spiro atoms. The molecule has 0 unspecified atom stereocenters. The number of rotatable bonds is 5. The van der Waals surface area contributed by atoms with E-state index < -0.39 is 36.1 Å².